The first-order valence-corrected chi connectivity index (χ1v) is 13.7. The number of piperazine rings is 1. The van der Waals surface area contributed by atoms with Crippen molar-refractivity contribution in [1.82, 2.24) is 14.5 Å². The molecule has 3 heterocycles. The number of fused-ring (bicyclic) bond motifs is 1. The van der Waals surface area contributed by atoms with Gasteiger partial charge in [0.25, 0.3) is 0 Å². The van der Waals surface area contributed by atoms with Gasteiger partial charge < -0.3 is 25.0 Å². The van der Waals surface area contributed by atoms with Crippen molar-refractivity contribution in [2.75, 3.05) is 44.7 Å². The van der Waals surface area contributed by atoms with Crippen LogP contribution in [0.2, 0.25) is 0 Å². The predicted molar refractivity (Wildman–Crippen MR) is 132 cm³/mol. The van der Waals surface area contributed by atoms with E-state index in [9.17, 15) is 22.4 Å². The van der Waals surface area contributed by atoms with Crippen LogP contribution in [0.4, 0.5) is 14.9 Å². The minimum absolute atomic E-state index is 0.0647. The molecule has 0 saturated carbocycles. The molecule has 2 N–H and O–H groups in total. The zero-order valence-corrected chi connectivity index (χ0v) is 21.0. The summed E-state index contributed by atoms with van der Waals surface area (Å²) in [7, 11) is -4.04. The number of nitrogens with one attached hydrogen (secondary N) is 2. The quantitative estimate of drug-likeness (QED) is 0.588. The number of hydrogen-bond donors (Lipinski definition) is 2. The van der Waals surface area contributed by atoms with Crippen LogP contribution in [0.1, 0.15) is 18.4 Å². The van der Waals surface area contributed by atoms with Crippen LogP contribution in [0.3, 0.4) is 0 Å². The van der Waals surface area contributed by atoms with E-state index in [1.54, 1.807) is 12.1 Å². The molecule has 2 unspecified atom stereocenters. The summed E-state index contributed by atoms with van der Waals surface area (Å²) in [6, 6.07) is 8.37. The van der Waals surface area contributed by atoms with Gasteiger partial charge in [-0.05, 0) is 60.9 Å². The summed E-state index contributed by atoms with van der Waals surface area (Å²) in [6.45, 7) is 1.26. The smallest absolute Gasteiger partial charge is 0.321 e. The lowest BCUT2D eigenvalue weighted by Gasteiger charge is -2.39. The second kappa shape index (κ2) is 10.6. The van der Waals surface area contributed by atoms with Crippen molar-refractivity contribution in [2.45, 2.75) is 36.3 Å². The van der Waals surface area contributed by atoms with Crippen LogP contribution in [0.5, 0.6) is 5.75 Å². The van der Waals surface area contributed by atoms with Gasteiger partial charge in [0.1, 0.15) is 17.6 Å². The number of sulfonamides is 1. The number of carbonyl (C=O) groups excluding carboxylic acids is 2. The fraction of sp³-hybridized carbons (Fsp3) is 0.440. The first kappa shape index (κ1) is 25.4. The van der Waals surface area contributed by atoms with E-state index in [0.717, 1.165) is 22.7 Å². The molecule has 0 aliphatic carbocycles. The van der Waals surface area contributed by atoms with Gasteiger partial charge in [0.2, 0.25) is 15.9 Å². The summed E-state index contributed by atoms with van der Waals surface area (Å²) >= 11 is 0. The molecule has 0 radical (unpaired) electrons. The molecular formula is C25H29FN4O6S. The molecule has 10 nitrogen and oxygen atoms in total. The highest BCUT2D eigenvalue weighted by atomic mass is 32.2. The third-order valence-corrected chi connectivity index (χ3v) is 8.72. The van der Waals surface area contributed by atoms with Crippen LogP contribution in [0, 0.1) is 5.82 Å². The number of nitrogens with zero attached hydrogens (tertiary/aromatic N) is 2. The van der Waals surface area contributed by atoms with Crippen molar-refractivity contribution < 1.29 is 31.9 Å². The summed E-state index contributed by atoms with van der Waals surface area (Å²) in [5, 5.41) is 5.49. The Morgan fingerprint density at radius 3 is 2.65 bits per heavy atom. The normalized spacial score (nSPS) is 21.8. The van der Waals surface area contributed by atoms with Gasteiger partial charge in [0, 0.05) is 44.9 Å². The third-order valence-electron chi connectivity index (χ3n) is 6.81. The van der Waals surface area contributed by atoms with E-state index < -0.39 is 33.8 Å². The zero-order valence-electron chi connectivity index (χ0n) is 20.2. The molecule has 3 aliphatic heterocycles. The van der Waals surface area contributed by atoms with Gasteiger partial charge in [0.15, 0.2) is 0 Å². The Bertz CT molecular complexity index is 1270. The molecule has 0 bridgehead atoms. The van der Waals surface area contributed by atoms with Crippen molar-refractivity contribution in [3.05, 3.63) is 53.8 Å². The topological polar surface area (TPSA) is 117 Å². The Morgan fingerprint density at radius 1 is 1.08 bits per heavy atom. The van der Waals surface area contributed by atoms with Gasteiger partial charge in [-0.1, -0.05) is 0 Å². The van der Waals surface area contributed by atoms with Crippen LogP contribution in [-0.2, 0) is 26.0 Å². The first-order valence-electron chi connectivity index (χ1n) is 12.3. The molecule has 198 valence electrons. The number of benzene rings is 2. The number of ether oxygens (including phenoxy) is 2. The van der Waals surface area contributed by atoms with E-state index >= 15 is 0 Å². The fourth-order valence-corrected chi connectivity index (χ4v) is 6.41. The van der Waals surface area contributed by atoms with E-state index in [4.69, 9.17) is 9.47 Å². The highest BCUT2D eigenvalue weighted by Gasteiger charge is 2.42. The van der Waals surface area contributed by atoms with Crippen molar-refractivity contribution in [1.29, 1.82) is 0 Å². The van der Waals surface area contributed by atoms with E-state index in [0.29, 0.717) is 31.1 Å². The maximum absolute atomic E-state index is 13.7. The van der Waals surface area contributed by atoms with E-state index in [2.05, 4.69) is 10.6 Å². The SMILES string of the molecule is O=C(NCC1CCCO1)C1CN(C(=O)Nc2ccc(F)cc2)CCN1S(=O)(=O)c1ccc2c(c1)CCO2. The van der Waals surface area contributed by atoms with Crippen molar-refractivity contribution in [3.63, 3.8) is 0 Å². The molecule has 2 atom stereocenters. The lowest BCUT2D eigenvalue weighted by atomic mass is 10.2. The van der Waals surface area contributed by atoms with Gasteiger partial charge in [-0.15, -0.1) is 0 Å². The molecule has 37 heavy (non-hydrogen) atoms. The summed E-state index contributed by atoms with van der Waals surface area (Å²) in [5.74, 6) is -0.271. The lowest BCUT2D eigenvalue weighted by molar-refractivity contribution is -0.126. The fourth-order valence-electron chi connectivity index (χ4n) is 4.78. The highest BCUT2D eigenvalue weighted by molar-refractivity contribution is 7.89. The summed E-state index contributed by atoms with van der Waals surface area (Å²) < 4.78 is 52.8. The minimum atomic E-state index is -4.04. The van der Waals surface area contributed by atoms with Crippen LogP contribution in [0.15, 0.2) is 47.4 Å². The average molecular weight is 533 g/mol. The molecule has 3 aliphatic rings. The summed E-state index contributed by atoms with van der Waals surface area (Å²) in [4.78, 5) is 27.7. The second-order valence-corrected chi connectivity index (χ2v) is 11.2. The Morgan fingerprint density at radius 2 is 1.89 bits per heavy atom. The van der Waals surface area contributed by atoms with Gasteiger partial charge in [0.05, 0.1) is 17.6 Å². The van der Waals surface area contributed by atoms with Gasteiger partial charge in [-0.2, -0.15) is 4.31 Å². The molecule has 2 fully saturated rings. The maximum atomic E-state index is 13.7. The van der Waals surface area contributed by atoms with Crippen molar-refractivity contribution >= 4 is 27.6 Å². The lowest BCUT2D eigenvalue weighted by Crippen LogP contribution is -2.62. The molecule has 2 saturated heterocycles. The molecule has 3 amide bonds. The number of hydrogen-bond acceptors (Lipinski definition) is 6. The predicted octanol–water partition coefficient (Wildman–Crippen LogP) is 1.96. The molecule has 12 heteroatoms. The number of carbonyl (C=O) groups is 2. The van der Waals surface area contributed by atoms with Crippen molar-refractivity contribution in [2.24, 2.45) is 0 Å². The Hall–Kier alpha value is -3.22. The number of rotatable bonds is 6. The van der Waals surface area contributed by atoms with Crippen LogP contribution >= 0.6 is 0 Å². The molecule has 2 aromatic carbocycles. The Kier molecular flexibility index (Phi) is 7.31. The third kappa shape index (κ3) is 5.55. The highest BCUT2D eigenvalue weighted by Crippen LogP contribution is 2.30. The number of halogens is 1. The Balaban J connectivity index is 1.35. The zero-order chi connectivity index (χ0) is 26.0. The minimum Gasteiger partial charge on any atom is -0.493 e. The summed E-state index contributed by atoms with van der Waals surface area (Å²) in [5.41, 5.74) is 1.19. The van der Waals surface area contributed by atoms with Gasteiger partial charge in [-0.25, -0.2) is 17.6 Å². The van der Waals surface area contributed by atoms with Gasteiger partial charge in [-0.3, -0.25) is 4.79 Å². The second-order valence-electron chi connectivity index (χ2n) is 9.26. The molecule has 2 aromatic rings. The van der Waals surface area contributed by atoms with Crippen LogP contribution in [-0.4, -0.2) is 81.1 Å². The Labute approximate surface area is 214 Å². The van der Waals surface area contributed by atoms with E-state index in [1.807, 2.05) is 0 Å². The van der Waals surface area contributed by atoms with Gasteiger partial charge >= 0.3 is 6.03 Å². The number of urea groups is 1. The average Bonchev–Trinajstić information content (AvgIpc) is 3.60. The molecule has 0 aromatic heterocycles. The standard InChI is InChI=1S/C25H29FN4O6S/c26-18-3-5-19(6-4-18)28-25(32)29-10-11-30(22(16-29)24(31)27-15-20-2-1-12-35-20)37(33,34)21-7-8-23-17(14-21)9-13-36-23/h3-8,14,20,22H,1-2,9-13,15-16H2,(H,27,31)(H,28,32). The molecule has 0 spiro atoms. The first-order chi connectivity index (χ1) is 17.8. The monoisotopic (exact) mass is 532 g/mol. The van der Waals surface area contributed by atoms with Crippen molar-refractivity contribution in [3.8, 4) is 5.75 Å². The number of amides is 3. The van der Waals surface area contributed by atoms with E-state index in [-0.39, 0.29) is 37.2 Å². The van der Waals surface area contributed by atoms with Crippen LogP contribution in [0.25, 0.3) is 0 Å². The largest absolute Gasteiger partial charge is 0.493 e. The molecule has 5 rings (SSSR count). The molecular weight excluding hydrogens is 503 g/mol. The van der Waals surface area contributed by atoms with Crippen LogP contribution < -0.4 is 15.4 Å². The number of anilines is 1. The summed E-state index contributed by atoms with van der Waals surface area (Å²) in [6.07, 6.45) is 2.22. The maximum Gasteiger partial charge on any atom is 0.321 e. The van der Waals surface area contributed by atoms with E-state index in [1.165, 1.54) is 35.2 Å².